The second kappa shape index (κ2) is 12.2. The number of rotatable bonds is 9. The number of pyridine rings is 1. The van der Waals surface area contributed by atoms with Crippen LogP contribution >= 0.6 is 0 Å². The summed E-state index contributed by atoms with van der Waals surface area (Å²) in [7, 11) is 1.88. The zero-order chi connectivity index (χ0) is 28.0. The highest BCUT2D eigenvalue weighted by Gasteiger charge is 2.30. The summed E-state index contributed by atoms with van der Waals surface area (Å²) in [6.45, 7) is 6.55. The highest BCUT2D eigenvalue weighted by atomic mass is 16.2. The van der Waals surface area contributed by atoms with Crippen molar-refractivity contribution in [2.24, 2.45) is 11.3 Å². The van der Waals surface area contributed by atoms with Gasteiger partial charge in [-0.1, -0.05) is 57.2 Å². The minimum absolute atomic E-state index is 0.0593. The Balaban J connectivity index is 1.42. The average molecular weight is 528 g/mol. The molecule has 1 unspecified atom stereocenters. The third-order valence-corrected chi connectivity index (χ3v) is 6.82. The number of hydrogen-bond acceptors (Lipinski definition) is 5. The van der Waals surface area contributed by atoms with Crippen LogP contribution in [0.25, 0.3) is 0 Å². The number of carbonyl (C=O) groups excluding carboxylic acids is 3. The van der Waals surface area contributed by atoms with Crippen LogP contribution < -0.4 is 16.0 Å². The Morgan fingerprint density at radius 3 is 2.33 bits per heavy atom. The van der Waals surface area contributed by atoms with Crippen molar-refractivity contribution in [3.63, 3.8) is 0 Å². The molecule has 3 aromatic rings. The number of hydrogen-bond donors (Lipinski definition) is 3. The number of fused-ring (bicyclic) bond motifs is 1. The first-order valence-electron chi connectivity index (χ1n) is 13.3. The molecule has 0 bridgehead atoms. The molecule has 0 spiro atoms. The molecule has 0 saturated carbocycles. The van der Waals surface area contributed by atoms with E-state index in [2.05, 4.69) is 20.9 Å². The average Bonchev–Trinajstić information content (AvgIpc) is 3.33. The lowest BCUT2D eigenvalue weighted by atomic mass is 9.94. The third kappa shape index (κ3) is 7.29. The van der Waals surface area contributed by atoms with Gasteiger partial charge in [0, 0.05) is 36.3 Å². The molecule has 1 aromatic heterocycles. The Kier molecular flexibility index (Phi) is 8.76. The maximum Gasteiger partial charge on any atom is 0.244 e. The smallest absolute Gasteiger partial charge is 0.244 e. The van der Waals surface area contributed by atoms with Crippen LogP contribution in [0.15, 0.2) is 66.9 Å². The first-order valence-corrected chi connectivity index (χ1v) is 13.3. The van der Waals surface area contributed by atoms with Crippen LogP contribution in [0.5, 0.6) is 0 Å². The number of benzene rings is 2. The minimum Gasteiger partial charge on any atom is -0.329 e. The second-order valence-corrected chi connectivity index (χ2v) is 11.1. The molecule has 1 atom stereocenters. The molecule has 0 fully saturated rings. The molecular formula is C31H37N5O3. The SMILES string of the molecule is CNCc1ccccc1CN(CC(=O)Nc1ccc2c(c1)CC(C(=O)Nc1ccccn1)C2)C(=O)C(C)(C)C. The molecular weight excluding hydrogens is 490 g/mol. The number of nitrogens with one attached hydrogen (secondary N) is 3. The topological polar surface area (TPSA) is 103 Å². The molecule has 0 radical (unpaired) electrons. The van der Waals surface area contributed by atoms with Gasteiger partial charge in [-0.2, -0.15) is 0 Å². The number of amides is 3. The summed E-state index contributed by atoms with van der Waals surface area (Å²) < 4.78 is 0. The number of anilines is 2. The molecule has 0 aliphatic heterocycles. The quantitative estimate of drug-likeness (QED) is 0.388. The van der Waals surface area contributed by atoms with Gasteiger partial charge in [0.05, 0.1) is 0 Å². The highest BCUT2D eigenvalue weighted by Crippen LogP contribution is 2.30. The van der Waals surface area contributed by atoms with Crippen LogP contribution in [0.2, 0.25) is 0 Å². The van der Waals surface area contributed by atoms with Crippen molar-refractivity contribution in [1.82, 2.24) is 15.2 Å². The molecule has 8 nitrogen and oxygen atoms in total. The summed E-state index contributed by atoms with van der Waals surface area (Å²) in [5.41, 5.74) is 4.26. The molecule has 204 valence electrons. The maximum atomic E-state index is 13.3. The van der Waals surface area contributed by atoms with Gasteiger partial charge in [-0.05, 0) is 66.4 Å². The van der Waals surface area contributed by atoms with Crippen molar-refractivity contribution >= 4 is 29.2 Å². The monoisotopic (exact) mass is 527 g/mol. The predicted molar refractivity (Wildman–Crippen MR) is 153 cm³/mol. The van der Waals surface area contributed by atoms with Crippen molar-refractivity contribution in [1.29, 1.82) is 0 Å². The van der Waals surface area contributed by atoms with E-state index in [0.717, 1.165) is 22.3 Å². The van der Waals surface area contributed by atoms with Gasteiger partial charge in [0.25, 0.3) is 0 Å². The molecule has 1 aliphatic carbocycles. The zero-order valence-electron chi connectivity index (χ0n) is 23.1. The van der Waals surface area contributed by atoms with Gasteiger partial charge in [-0.25, -0.2) is 4.98 Å². The number of aromatic nitrogens is 1. The van der Waals surface area contributed by atoms with Gasteiger partial charge in [0.15, 0.2) is 0 Å². The van der Waals surface area contributed by atoms with Crippen LogP contribution in [0.3, 0.4) is 0 Å². The summed E-state index contributed by atoms with van der Waals surface area (Å²) >= 11 is 0. The number of nitrogens with zero attached hydrogens (tertiary/aromatic N) is 2. The Morgan fingerprint density at radius 1 is 0.923 bits per heavy atom. The Hall–Kier alpha value is -4.04. The van der Waals surface area contributed by atoms with Crippen molar-refractivity contribution < 1.29 is 14.4 Å². The van der Waals surface area contributed by atoms with Gasteiger partial charge < -0.3 is 20.9 Å². The fourth-order valence-corrected chi connectivity index (χ4v) is 4.87. The van der Waals surface area contributed by atoms with Gasteiger partial charge in [-0.3, -0.25) is 14.4 Å². The van der Waals surface area contributed by atoms with Crippen molar-refractivity contribution in [3.05, 3.63) is 89.1 Å². The Bertz CT molecular complexity index is 1330. The maximum absolute atomic E-state index is 13.3. The highest BCUT2D eigenvalue weighted by molar-refractivity contribution is 5.96. The van der Waals surface area contributed by atoms with Crippen LogP contribution in [0.4, 0.5) is 11.5 Å². The first kappa shape index (κ1) is 28.0. The van der Waals surface area contributed by atoms with Gasteiger partial charge in [0.2, 0.25) is 17.7 Å². The Morgan fingerprint density at radius 2 is 1.64 bits per heavy atom. The lowest BCUT2D eigenvalue weighted by Crippen LogP contribution is -2.43. The van der Waals surface area contributed by atoms with Crippen molar-refractivity contribution in [2.75, 3.05) is 24.2 Å². The molecule has 3 amide bonds. The normalized spacial score (nSPS) is 14.4. The predicted octanol–water partition coefficient (Wildman–Crippen LogP) is 4.17. The van der Waals surface area contributed by atoms with E-state index in [4.69, 9.17) is 0 Å². The lowest BCUT2D eigenvalue weighted by molar-refractivity contribution is -0.142. The third-order valence-electron chi connectivity index (χ3n) is 6.82. The molecule has 1 heterocycles. The molecule has 2 aromatic carbocycles. The Labute approximate surface area is 230 Å². The van der Waals surface area contributed by atoms with Crippen molar-refractivity contribution in [2.45, 2.75) is 46.7 Å². The van der Waals surface area contributed by atoms with E-state index < -0.39 is 5.41 Å². The number of carbonyl (C=O) groups is 3. The van der Waals surface area contributed by atoms with Crippen LogP contribution in [-0.4, -0.2) is 41.2 Å². The molecule has 3 N–H and O–H groups in total. The van der Waals surface area contributed by atoms with E-state index in [1.165, 1.54) is 0 Å². The molecule has 0 saturated heterocycles. The van der Waals surface area contributed by atoms with Crippen LogP contribution in [0, 0.1) is 11.3 Å². The van der Waals surface area contributed by atoms with Crippen LogP contribution in [-0.2, 0) is 40.3 Å². The summed E-state index contributed by atoms with van der Waals surface area (Å²) in [4.78, 5) is 45.0. The fourth-order valence-electron chi connectivity index (χ4n) is 4.87. The first-order chi connectivity index (χ1) is 18.6. The summed E-state index contributed by atoms with van der Waals surface area (Å²) in [6, 6.07) is 19.1. The summed E-state index contributed by atoms with van der Waals surface area (Å²) in [5, 5.41) is 9.00. The molecule has 4 rings (SSSR count). The fraction of sp³-hybridized carbons (Fsp3) is 0.355. The van der Waals surface area contributed by atoms with E-state index in [-0.39, 0.29) is 30.2 Å². The molecule has 1 aliphatic rings. The van der Waals surface area contributed by atoms with Crippen molar-refractivity contribution in [3.8, 4) is 0 Å². The summed E-state index contributed by atoms with van der Waals surface area (Å²) in [5.74, 6) is -0.0704. The standard InChI is InChI=1S/C31H37N5O3/c1-31(2,3)30(39)36(19-23-10-6-5-9-22(23)18-32-4)20-28(37)34-26-13-12-21-15-25(16-24(21)17-26)29(38)35-27-11-7-8-14-33-27/h5-14,17,25,32H,15-16,18-20H2,1-4H3,(H,34,37)(H,33,35,38). The van der Waals surface area contributed by atoms with E-state index in [9.17, 15) is 14.4 Å². The van der Waals surface area contributed by atoms with E-state index >= 15 is 0 Å². The van der Waals surface area contributed by atoms with E-state index in [1.54, 1.807) is 23.2 Å². The van der Waals surface area contributed by atoms with E-state index in [0.29, 0.717) is 37.4 Å². The molecule has 8 heteroatoms. The van der Waals surface area contributed by atoms with E-state index in [1.807, 2.05) is 76.3 Å². The van der Waals surface area contributed by atoms with Gasteiger partial charge >= 0.3 is 0 Å². The lowest BCUT2D eigenvalue weighted by Gasteiger charge is -2.30. The second-order valence-electron chi connectivity index (χ2n) is 11.1. The van der Waals surface area contributed by atoms with Crippen LogP contribution in [0.1, 0.15) is 43.0 Å². The van der Waals surface area contributed by atoms with Gasteiger partial charge in [0.1, 0.15) is 12.4 Å². The largest absolute Gasteiger partial charge is 0.329 e. The molecule has 39 heavy (non-hydrogen) atoms. The van der Waals surface area contributed by atoms with Gasteiger partial charge in [-0.15, -0.1) is 0 Å². The summed E-state index contributed by atoms with van der Waals surface area (Å²) in [6.07, 6.45) is 2.88. The zero-order valence-corrected chi connectivity index (χ0v) is 23.1. The minimum atomic E-state index is -0.628.